The SMILES string of the molecule is CCCN(C(C)(C)CN)S(=O)(=O)N1CCCCC1. The Morgan fingerprint density at radius 1 is 1.22 bits per heavy atom. The normalized spacial score (nSPS) is 19.4. The maximum Gasteiger partial charge on any atom is 0.282 e. The van der Waals surface area contributed by atoms with E-state index in [2.05, 4.69) is 0 Å². The Bertz CT molecular complexity index is 348. The number of hydrogen-bond acceptors (Lipinski definition) is 3. The maximum atomic E-state index is 12.7. The minimum atomic E-state index is -3.37. The van der Waals surface area contributed by atoms with E-state index >= 15 is 0 Å². The molecule has 0 aromatic rings. The van der Waals surface area contributed by atoms with E-state index in [9.17, 15) is 8.42 Å². The van der Waals surface area contributed by atoms with Gasteiger partial charge >= 0.3 is 0 Å². The second-order valence-electron chi connectivity index (χ2n) is 5.56. The summed E-state index contributed by atoms with van der Waals surface area (Å²) < 4.78 is 28.5. The number of hydrogen-bond donors (Lipinski definition) is 1. The van der Waals surface area contributed by atoms with Gasteiger partial charge in [-0.05, 0) is 33.1 Å². The Labute approximate surface area is 112 Å². The van der Waals surface area contributed by atoms with Crippen LogP contribution in [0.5, 0.6) is 0 Å². The fraction of sp³-hybridized carbons (Fsp3) is 1.00. The standard InChI is InChI=1S/C12H27N3O2S/c1-4-8-15(12(2,3)11-13)18(16,17)14-9-6-5-7-10-14/h4-11,13H2,1-3H3. The highest BCUT2D eigenvalue weighted by atomic mass is 32.2. The third-order valence-electron chi connectivity index (χ3n) is 3.52. The van der Waals surface area contributed by atoms with Crippen molar-refractivity contribution in [1.82, 2.24) is 8.61 Å². The van der Waals surface area contributed by atoms with Crippen molar-refractivity contribution < 1.29 is 8.42 Å². The van der Waals surface area contributed by atoms with Crippen LogP contribution in [0.1, 0.15) is 46.5 Å². The molecule has 1 rings (SSSR count). The minimum absolute atomic E-state index is 0.333. The van der Waals surface area contributed by atoms with Gasteiger partial charge in [0.15, 0.2) is 0 Å². The molecule has 1 aliphatic heterocycles. The topological polar surface area (TPSA) is 66.6 Å². The van der Waals surface area contributed by atoms with Crippen LogP contribution in [0.15, 0.2) is 0 Å². The number of nitrogens with zero attached hydrogens (tertiary/aromatic N) is 2. The van der Waals surface area contributed by atoms with Crippen LogP contribution in [0.25, 0.3) is 0 Å². The highest BCUT2D eigenvalue weighted by Gasteiger charge is 2.38. The highest BCUT2D eigenvalue weighted by molar-refractivity contribution is 7.86. The number of piperidine rings is 1. The highest BCUT2D eigenvalue weighted by Crippen LogP contribution is 2.23. The summed E-state index contributed by atoms with van der Waals surface area (Å²) >= 11 is 0. The smallest absolute Gasteiger partial charge is 0.282 e. The van der Waals surface area contributed by atoms with Gasteiger partial charge in [-0.15, -0.1) is 0 Å². The summed E-state index contributed by atoms with van der Waals surface area (Å²) in [6.45, 7) is 7.93. The first-order valence-electron chi connectivity index (χ1n) is 6.84. The molecule has 108 valence electrons. The molecule has 5 nitrogen and oxygen atoms in total. The van der Waals surface area contributed by atoms with Crippen LogP contribution < -0.4 is 5.73 Å². The van der Waals surface area contributed by atoms with Crippen molar-refractivity contribution in [2.24, 2.45) is 5.73 Å². The van der Waals surface area contributed by atoms with E-state index < -0.39 is 15.7 Å². The molecule has 0 amide bonds. The van der Waals surface area contributed by atoms with E-state index in [1.54, 1.807) is 8.61 Å². The third-order valence-corrected chi connectivity index (χ3v) is 5.77. The molecule has 1 saturated heterocycles. The van der Waals surface area contributed by atoms with Crippen LogP contribution >= 0.6 is 0 Å². The summed E-state index contributed by atoms with van der Waals surface area (Å²) in [6.07, 6.45) is 3.85. The fourth-order valence-electron chi connectivity index (χ4n) is 2.27. The van der Waals surface area contributed by atoms with Crippen molar-refractivity contribution in [3.05, 3.63) is 0 Å². The Morgan fingerprint density at radius 2 is 1.78 bits per heavy atom. The Morgan fingerprint density at radius 3 is 2.22 bits per heavy atom. The summed E-state index contributed by atoms with van der Waals surface area (Å²) in [5.41, 5.74) is 5.22. The molecule has 0 radical (unpaired) electrons. The monoisotopic (exact) mass is 277 g/mol. The molecule has 18 heavy (non-hydrogen) atoms. The van der Waals surface area contributed by atoms with E-state index in [1.165, 1.54) is 0 Å². The van der Waals surface area contributed by atoms with Crippen LogP contribution in [-0.4, -0.2) is 48.7 Å². The van der Waals surface area contributed by atoms with Gasteiger partial charge in [0, 0.05) is 31.7 Å². The second-order valence-corrected chi connectivity index (χ2v) is 7.41. The number of nitrogens with two attached hydrogens (primary N) is 1. The average molecular weight is 277 g/mol. The van der Waals surface area contributed by atoms with Gasteiger partial charge in [0.05, 0.1) is 0 Å². The minimum Gasteiger partial charge on any atom is -0.329 e. The molecule has 0 aromatic heterocycles. The molecular formula is C12H27N3O2S. The Balaban J connectivity index is 2.95. The predicted octanol–water partition coefficient (Wildman–Crippen LogP) is 1.17. The Hall–Kier alpha value is -0.170. The van der Waals surface area contributed by atoms with E-state index in [4.69, 9.17) is 5.73 Å². The summed E-state index contributed by atoms with van der Waals surface area (Å²) in [6, 6.07) is 0. The Kier molecular flexibility index (Phi) is 5.58. The molecule has 0 saturated carbocycles. The van der Waals surface area contributed by atoms with Gasteiger partial charge in [0.25, 0.3) is 10.2 Å². The van der Waals surface area contributed by atoms with Crippen molar-refractivity contribution in [3.8, 4) is 0 Å². The van der Waals surface area contributed by atoms with Crippen LogP contribution in [0.4, 0.5) is 0 Å². The lowest BCUT2D eigenvalue weighted by atomic mass is 10.1. The van der Waals surface area contributed by atoms with Crippen LogP contribution in [0.3, 0.4) is 0 Å². The fourth-order valence-corrected chi connectivity index (χ4v) is 4.38. The van der Waals surface area contributed by atoms with Gasteiger partial charge in [-0.2, -0.15) is 17.0 Å². The van der Waals surface area contributed by atoms with E-state index in [-0.39, 0.29) is 0 Å². The zero-order valence-electron chi connectivity index (χ0n) is 11.9. The molecule has 6 heteroatoms. The van der Waals surface area contributed by atoms with Crippen LogP contribution in [-0.2, 0) is 10.2 Å². The lowest BCUT2D eigenvalue weighted by molar-refractivity contribution is 0.208. The first-order valence-corrected chi connectivity index (χ1v) is 8.24. The first kappa shape index (κ1) is 15.9. The van der Waals surface area contributed by atoms with Gasteiger partial charge in [0.2, 0.25) is 0 Å². The second kappa shape index (κ2) is 6.32. The molecule has 0 aromatic carbocycles. The van der Waals surface area contributed by atoms with Gasteiger partial charge in [-0.1, -0.05) is 13.3 Å². The molecule has 0 unspecified atom stereocenters. The largest absolute Gasteiger partial charge is 0.329 e. The van der Waals surface area contributed by atoms with E-state index in [0.717, 1.165) is 25.7 Å². The van der Waals surface area contributed by atoms with Crippen molar-refractivity contribution in [2.75, 3.05) is 26.2 Å². The van der Waals surface area contributed by atoms with Crippen molar-refractivity contribution in [2.45, 2.75) is 52.0 Å². The van der Waals surface area contributed by atoms with Crippen LogP contribution in [0.2, 0.25) is 0 Å². The molecule has 0 aliphatic carbocycles. The van der Waals surface area contributed by atoms with Gasteiger partial charge in [0.1, 0.15) is 0 Å². The van der Waals surface area contributed by atoms with Crippen molar-refractivity contribution >= 4 is 10.2 Å². The van der Waals surface area contributed by atoms with Crippen LogP contribution in [0, 0.1) is 0 Å². The molecule has 0 bridgehead atoms. The molecule has 0 atom stereocenters. The molecule has 1 heterocycles. The lowest BCUT2D eigenvalue weighted by Crippen LogP contribution is -2.57. The van der Waals surface area contributed by atoms with Gasteiger partial charge in [-0.25, -0.2) is 0 Å². The predicted molar refractivity (Wildman–Crippen MR) is 74.5 cm³/mol. The zero-order chi connectivity index (χ0) is 13.8. The van der Waals surface area contributed by atoms with E-state index in [0.29, 0.717) is 26.2 Å². The molecule has 2 N–H and O–H groups in total. The quantitative estimate of drug-likeness (QED) is 0.792. The van der Waals surface area contributed by atoms with Gasteiger partial charge in [-0.3, -0.25) is 0 Å². The maximum absolute atomic E-state index is 12.7. The summed E-state index contributed by atoms with van der Waals surface area (Å²) in [5, 5.41) is 0. The lowest BCUT2D eigenvalue weighted by Gasteiger charge is -2.40. The summed E-state index contributed by atoms with van der Waals surface area (Å²) in [7, 11) is -3.37. The zero-order valence-corrected chi connectivity index (χ0v) is 12.7. The molecule has 1 aliphatic rings. The molecule has 0 spiro atoms. The van der Waals surface area contributed by atoms with E-state index in [1.807, 2.05) is 20.8 Å². The first-order chi connectivity index (χ1) is 8.36. The van der Waals surface area contributed by atoms with Gasteiger partial charge < -0.3 is 5.73 Å². The molecular weight excluding hydrogens is 250 g/mol. The third kappa shape index (κ3) is 3.44. The summed E-state index contributed by atoms with van der Waals surface area (Å²) in [4.78, 5) is 0. The number of rotatable bonds is 6. The van der Waals surface area contributed by atoms with Crippen molar-refractivity contribution in [3.63, 3.8) is 0 Å². The molecule has 1 fully saturated rings. The average Bonchev–Trinajstić information content (AvgIpc) is 2.36. The summed E-state index contributed by atoms with van der Waals surface area (Å²) in [5.74, 6) is 0. The van der Waals surface area contributed by atoms with Crippen molar-refractivity contribution in [1.29, 1.82) is 0 Å².